The molecule has 2 aromatic carbocycles. The van der Waals surface area contributed by atoms with Crippen LogP contribution in [0.3, 0.4) is 0 Å². The highest BCUT2D eigenvalue weighted by molar-refractivity contribution is 6.00. The zero-order chi connectivity index (χ0) is 29.9. The van der Waals surface area contributed by atoms with Crippen LogP contribution in [0.1, 0.15) is 44.1 Å². The number of aliphatic hydroxyl groups excluding tert-OH is 1. The van der Waals surface area contributed by atoms with E-state index in [2.05, 4.69) is 30.4 Å². The van der Waals surface area contributed by atoms with E-state index >= 15 is 4.39 Å². The molecule has 1 atom stereocenters. The number of urea groups is 1. The van der Waals surface area contributed by atoms with Crippen molar-refractivity contribution in [3.63, 3.8) is 0 Å². The molecule has 4 aromatic rings. The molecule has 10 nitrogen and oxygen atoms in total. The first-order valence-corrected chi connectivity index (χ1v) is 15.6. The normalized spacial score (nSPS) is 23.0. The number of carbonyl (C=O) groups is 1. The number of ether oxygens (including phenoxy) is 1. The number of nitrogens with zero attached hydrogens (tertiary/aromatic N) is 5. The molecule has 0 bridgehead atoms. The van der Waals surface area contributed by atoms with Crippen molar-refractivity contribution in [3.05, 3.63) is 54.0 Å². The molecule has 4 saturated heterocycles. The zero-order valence-corrected chi connectivity index (χ0v) is 24.6. The largest absolute Gasteiger partial charge is 0.461 e. The number of aliphatic hydroxyl groups is 1. The Kier molecular flexibility index (Phi) is 6.56. The number of carbonyl (C=O) groups excluding carboxylic acids is 1. The van der Waals surface area contributed by atoms with Gasteiger partial charge in [0.2, 0.25) is 0 Å². The Morgan fingerprint density at radius 2 is 1.82 bits per heavy atom. The molecule has 6 heterocycles. The number of anilines is 1. The standard InChI is InChI=1S/C33H36FN7O3/c34-26-27(23-9-2-7-21-6-1-8-22(17-42)25(21)23)35-16-24-28(26)37-31(44-20-33-11-4-14-41(33)15-5-12-33)38-29(24)40-13-3-10-32(19-40)18-36-30(43)39-32/h1-2,6-9,16,42H,3-5,10-15,17-20H2,(H2,36,39,43). The third kappa shape index (κ3) is 4.44. The van der Waals surface area contributed by atoms with Crippen molar-refractivity contribution >= 4 is 33.5 Å². The van der Waals surface area contributed by atoms with Gasteiger partial charge in [-0.25, -0.2) is 9.18 Å². The van der Waals surface area contributed by atoms with Crippen LogP contribution in [-0.4, -0.2) is 81.4 Å². The molecule has 0 saturated carbocycles. The van der Waals surface area contributed by atoms with Gasteiger partial charge in [0, 0.05) is 31.4 Å². The van der Waals surface area contributed by atoms with Crippen LogP contribution < -0.4 is 20.3 Å². The lowest BCUT2D eigenvalue weighted by Gasteiger charge is -2.40. The molecule has 2 aromatic heterocycles. The van der Waals surface area contributed by atoms with E-state index in [1.165, 1.54) is 0 Å². The average Bonchev–Trinajstić information content (AvgIpc) is 3.73. The van der Waals surface area contributed by atoms with E-state index in [0.29, 0.717) is 48.6 Å². The first-order chi connectivity index (χ1) is 21.5. The maximum atomic E-state index is 16.8. The molecule has 0 radical (unpaired) electrons. The Morgan fingerprint density at radius 1 is 1.02 bits per heavy atom. The molecule has 228 valence electrons. The monoisotopic (exact) mass is 597 g/mol. The van der Waals surface area contributed by atoms with E-state index in [9.17, 15) is 9.90 Å². The van der Waals surface area contributed by atoms with E-state index in [1.807, 2.05) is 36.4 Å². The summed E-state index contributed by atoms with van der Waals surface area (Å²) in [5.74, 6) is 0.00432. The smallest absolute Gasteiger partial charge is 0.319 e. The van der Waals surface area contributed by atoms with Crippen LogP contribution in [0.4, 0.5) is 15.0 Å². The second kappa shape index (κ2) is 10.5. The van der Waals surface area contributed by atoms with Gasteiger partial charge in [-0.1, -0.05) is 36.4 Å². The van der Waals surface area contributed by atoms with Gasteiger partial charge in [0.05, 0.1) is 23.1 Å². The fraction of sp³-hybridized carbons (Fsp3) is 0.455. The molecule has 2 amide bonds. The topological polar surface area (TPSA) is 116 Å². The summed E-state index contributed by atoms with van der Waals surface area (Å²) >= 11 is 0. The first kappa shape index (κ1) is 27.5. The van der Waals surface area contributed by atoms with E-state index in [-0.39, 0.29) is 35.4 Å². The lowest BCUT2D eigenvalue weighted by molar-refractivity contribution is 0.108. The Hall–Kier alpha value is -4.09. The maximum Gasteiger partial charge on any atom is 0.319 e. The van der Waals surface area contributed by atoms with Crippen LogP contribution >= 0.6 is 0 Å². The highest BCUT2D eigenvalue weighted by Crippen LogP contribution is 2.40. The number of hydrogen-bond donors (Lipinski definition) is 3. The minimum Gasteiger partial charge on any atom is -0.461 e. The van der Waals surface area contributed by atoms with Gasteiger partial charge in [-0.2, -0.15) is 9.97 Å². The molecule has 4 aliphatic heterocycles. The number of aromatic nitrogens is 3. The number of pyridine rings is 1. The van der Waals surface area contributed by atoms with Crippen molar-refractivity contribution in [1.29, 1.82) is 0 Å². The summed E-state index contributed by atoms with van der Waals surface area (Å²) in [5.41, 5.74) is 1.18. The summed E-state index contributed by atoms with van der Waals surface area (Å²) in [6, 6.07) is 11.3. The predicted octanol–water partition coefficient (Wildman–Crippen LogP) is 4.14. The number of halogens is 1. The molecule has 3 N–H and O–H groups in total. The predicted molar refractivity (Wildman–Crippen MR) is 165 cm³/mol. The van der Waals surface area contributed by atoms with Crippen molar-refractivity contribution in [2.24, 2.45) is 0 Å². The van der Waals surface area contributed by atoms with Gasteiger partial charge in [-0.15, -0.1) is 0 Å². The minimum absolute atomic E-state index is 0.0148. The summed E-state index contributed by atoms with van der Waals surface area (Å²) in [6.07, 6.45) is 7.78. The van der Waals surface area contributed by atoms with E-state index < -0.39 is 11.4 Å². The van der Waals surface area contributed by atoms with Crippen molar-refractivity contribution in [2.45, 2.75) is 56.2 Å². The van der Waals surface area contributed by atoms with Crippen molar-refractivity contribution in [1.82, 2.24) is 30.5 Å². The minimum atomic E-state index is -0.555. The summed E-state index contributed by atoms with van der Waals surface area (Å²) in [5, 5.41) is 18.3. The van der Waals surface area contributed by atoms with Crippen LogP contribution in [-0.2, 0) is 6.61 Å². The molecule has 4 fully saturated rings. The van der Waals surface area contributed by atoms with Crippen LogP contribution in [0.15, 0.2) is 42.6 Å². The highest BCUT2D eigenvalue weighted by Gasteiger charge is 2.45. The second-order valence-electron chi connectivity index (χ2n) is 12.8. The van der Waals surface area contributed by atoms with Gasteiger partial charge >= 0.3 is 12.0 Å². The van der Waals surface area contributed by atoms with Gasteiger partial charge in [-0.05, 0) is 68.0 Å². The number of rotatable bonds is 6. The average molecular weight is 598 g/mol. The van der Waals surface area contributed by atoms with Crippen molar-refractivity contribution in [3.8, 4) is 17.3 Å². The number of hydrogen-bond acceptors (Lipinski definition) is 8. The number of benzene rings is 2. The summed E-state index contributed by atoms with van der Waals surface area (Å²) in [6.45, 7) is 4.20. The van der Waals surface area contributed by atoms with Crippen LogP contribution in [0.25, 0.3) is 32.9 Å². The molecule has 4 aliphatic rings. The molecule has 1 unspecified atom stereocenters. The van der Waals surface area contributed by atoms with E-state index in [4.69, 9.17) is 9.72 Å². The zero-order valence-electron chi connectivity index (χ0n) is 24.6. The second-order valence-corrected chi connectivity index (χ2v) is 12.8. The molecule has 11 heteroatoms. The van der Waals surface area contributed by atoms with E-state index in [1.54, 1.807) is 6.20 Å². The van der Waals surface area contributed by atoms with Crippen LogP contribution in [0, 0.1) is 5.82 Å². The van der Waals surface area contributed by atoms with Gasteiger partial charge < -0.3 is 25.4 Å². The molecular formula is C33H36FN7O3. The number of amides is 2. The fourth-order valence-corrected chi connectivity index (χ4v) is 8.06. The molecule has 0 aliphatic carbocycles. The highest BCUT2D eigenvalue weighted by atomic mass is 19.1. The summed E-state index contributed by atoms with van der Waals surface area (Å²) in [4.78, 5) is 31.0. The fourth-order valence-electron chi connectivity index (χ4n) is 8.06. The van der Waals surface area contributed by atoms with Gasteiger partial charge in [-0.3, -0.25) is 9.88 Å². The van der Waals surface area contributed by atoms with Crippen molar-refractivity contribution < 1.29 is 19.0 Å². The number of piperidine rings is 1. The third-order valence-electron chi connectivity index (χ3n) is 10.2. The van der Waals surface area contributed by atoms with Gasteiger partial charge in [0.25, 0.3) is 0 Å². The Labute approximate surface area is 254 Å². The molecule has 44 heavy (non-hydrogen) atoms. The SMILES string of the molecule is O=C1NCC2(CCCN(c3nc(OCC45CCCN4CCC5)nc4c(F)c(-c5cccc6cccc(CO)c56)ncc34)C2)N1. The number of nitrogens with one attached hydrogen (secondary N) is 2. The molecule has 8 rings (SSSR count). The lowest BCUT2D eigenvalue weighted by Crippen LogP contribution is -2.56. The summed E-state index contributed by atoms with van der Waals surface area (Å²) in [7, 11) is 0. The maximum absolute atomic E-state index is 16.8. The Bertz CT molecular complexity index is 1770. The lowest BCUT2D eigenvalue weighted by atomic mass is 9.90. The number of fused-ring (bicyclic) bond motifs is 3. The third-order valence-corrected chi connectivity index (χ3v) is 10.2. The quantitative estimate of drug-likeness (QED) is 0.304. The molecular weight excluding hydrogens is 561 g/mol. The van der Waals surface area contributed by atoms with Crippen LogP contribution in [0.2, 0.25) is 0 Å². The van der Waals surface area contributed by atoms with Gasteiger partial charge in [0.1, 0.15) is 23.6 Å². The van der Waals surface area contributed by atoms with E-state index in [0.717, 1.165) is 62.4 Å². The Morgan fingerprint density at radius 3 is 2.59 bits per heavy atom. The van der Waals surface area contributed by atoms with Gasteiger partial charge in [0.15, 0.2) is 5.82 Å². The van der Waals surface area contributed by atoms with Crippen LogP contribution in [0.5, 0.6) is 6.01 Å². The Balaban J connectivity index is 1.25. The summed E-state index contributed by atoms with van der Waals surface area (Å²) < 4.78 is 23.2. The van der Waals surface area contributed by atoms with Crippen molar-refractivity contribution in [2.75, 3.05) is 44.2 Å². The first-order valence-electron chi connectivity index (χ1n) is 15.6. The molecule has 1 spiro atoms.